The van der Waals surface area contributed by atoms with Gasteiger partial charge in [-0.3, -0.25) is 9.69 Å². The minimum atomic E-state index is -1.37. The maximum Gasteiger partial charge on any atom is 0.416 e. The molecular formula is C23H31FN2O6. The molecule has 2 heterocycles. The van der Waals surface area contributed by atoms with Crippen LogP contribution in [0.3, 0.4) is 0 Å². The third-order valence-electron chi connectivity index (χ3n) is 5.73. The molecule has 2 fully saturated rings. The molecule has 5 atom stereocenters. The molecule has 176 valence electrons. The van der Waals surface area contributed by atoms with Crippen LogP contribution >= 0.6 is 0 Å². The molecule has 0 spiro atoms. The molecule has 2 unspecified atom stereocenters. The third kappa shape index (κ3) is 5.38. The van der Waals surface area contributed by atoms with E-state index in [1.54, 1.807) is 20.8 Å². The standard InChI is InChI=1S/C23H31FN2O6/c1-14(19(27)18-11-16(24)12-25(18)21(29)32-23(2,3)4)20(28)26-17(13-31-22(26)30)10-15-8-6-5-7-9-15/h5-9,14,16-19,27H,10-13H2,1-4H3/t14-,16?,17-,18?,19-/m1/s1. The van der Waals surface area contributed by atoms with Gasteiger partial charge in [0.1, 0.15) is 18.4 Å². The van der Waals surface area contributed by atoms with Crippen LogP contribution < -0.4 is 0 Å². The van der Waals surface area contributed by atoms with Gasteiger partial charge in [-0.1, -0.05) is 37.3 Å². The van der Waals surface area contributed by atoms with E-state index in [2.05, 4.69) is 0 Å². The fourth-order valence-electron chi connectivity index (χ4n) is 4.13. The number of benzene rings is 1. The van der Waals surface area contributed by atoms with Crippen LogP contribution in [0.2, 0.25) is 0 Å². The van der Waals surface area contributed by atoms with Gasteiger partial charge in [0.2, 0.25) is 5.91 Å². The van der Waals surface area contributed by atoms with Crippen LogP contribution in [0, 0.1) is 5.92 Å². The zero-order valence-electron chi connectivity index (χ0n) is 18.9. The van der Waals surface area contributed by atoms with Crippen molar-refractivity contribution in [3.05, 3.63) is 35.9 Å². The van der Waals surface area contributed by atoms with Crippen LogP contribution in [0.25, 0.3) is 0 Å². The van der Waals surface area contributed by atoms with E-state index in [-0.39, 0.29) is 19.6 Å². The minimum Gasteiger partial charge on any atom is -0.447 e. The molecule has 2 aliphatic rings. The van der Waals surface area contributed by atoms with Crippen LogP contribution in [0.1, 0.15) is 39.7 Å². The summed E-state index contributed by atoms with van der Waals surface area (Å²) in [4.78, 5) is 40.2. The van der Waals surface area contributed by atoms with Crippen molar-refractivity contribution in [3.63, 3.8) is 0 Å². The number of carbonyl (C=O) groups is 3. The number of aliphatic hydroxyl groups excluding tert-OH is 1. The highest BCUT2D eigenvalue weighted by Crippen LogP contribution is 2.30. The summed E-state index contributed by atoms with van der Waals surface area (Å²) >= 11 is 0. The molecule has 1 aromatic carbocycles. The number of hydrogen-bond donors (Lipinski definition) is 1. The smallest absolute Gasteiger partial charge is 0.416 e. The fraction of sp³-hybridized carbons (Fsp3) is 0.609. The van der Waals surface area contributed by atoms with Crippen LogP contribution in [0.4, 0.5) is 14.0 Å². The first kappa shape index (κ1) is 24.0. The van der Waals surface area contributed by atoms with Crippen molar-refractivity contribution < 1.29 is 33.4 Å². The topological polar surface area (TPSA) is 96.4 Å². The summed E-state index contributed by atoms with van der Waals surface area (Å²) in [6.45, 7) is 6.38. The van der Waals surface area contributed by atoms with Crippen molar-refractivity contribution in [1.82, 2.24) is 9.80 Å². The highest BCUT2D eigenvalue weighted by atomic mass is 19.1. The van der Waals surface area contributed by atoms with E-state index in [4.69, 9.17) is 9.47 Å². The van der Waals surface area contributed by atoms with E-state index < -0.39 is 54.0 Å². The number of aliphatic hydroxyl groups is 1. The molecule has 1 aromatic rings. The molecule has 9 heteroatoms. The van der Waals surface area contributed by atoms with Gasteiger partial charge >= 0.3 is 12.2 Å². The number of nitrogens with zero attached hydrogens (tertiary/aromatic N) is 2. The highest BCUT2D eigenvalue weighted by Gasteiger charge is 2.47. The van der Waals surface area contributed by atoms with Gasteiger partial charge in [0.15, 0.2) is 0 Å². The summed E-state index contributed by atoms with van der Waals surface area (Å²) < 4.78 is 24.6. The van der Waals surface area contributed by atoms with E-state index in [1.807, 2.05) is 30.3 Å². The first-order valence-corrected chi connectivity index (χ1v) is 10.8. The Bertz CT molecular complexity index is 843. The Kier molecular flexibility index (Phi) is 7.07. The molecule has 32 heavy (non-hydrogen) atoms. The second-order valence-electron chi connectivity index (χ2n) is 9.44. The Labute approximate surface area is 187 Å². The molecule has 3 amide bonds. The molecule has 0 bridgehead atoms. The van der Waals surface area contributed by atoms with Crippen LogP contribution in [-0.2, 0) is 20.7 Å². The van der Waals surface area contributed by atoms with Gasteiger partial charge in [-0.05, 0) is 32.8 Å². The van der Waals surface area contributed by atoms with Gasteiger partial charge in [0.25, 0.3) is 0 Å². The molecule has 2 aliphatic heterocycles. The summed E-state index contributed by atoms with van der Waals surface area (Å²) in [5.74, 6) is -1.67. The number of alkyl halides is 1. The van der Waals surface area contributed by atoms with Crippen LogP contribution in [0.5, 0.6) is 0 Å². The predicted octanol–water partition coefficient (Wildman–Crippen LogP) is 2.92. The quantitative estimate of drug-likeness (QED) is 0.741. The van der Waals surface area contributed by atoms with E-state index in [9.17, 15) is 23.9 Å². The Balaban J connectivity index is 1.73. The van der Waals surface area contributed by atoms with Crippen molar-refractivity contribution in [2.75, 3.05) is 13.2 Å². The SMILES string of the molecule is C[C@@H](C(=O)N1C(=O)OC[C@H]1Cc1ccccc1)[C@@H](O)C1CC(F)CN1C(=O)OC(C)(C)C. The van der Waals surface area contributed by atoms with Crippen LogP contribution in [0.15, 0.2) is 30.3 Å². The summed E-state index contributed by atoms with van der Waals surface area (Å²) in [6.07, 6.45) is -3.93. The molecule has 1 N–H and O–H groups in total. The highest BCUT2D eigenvalue weighted by molar-refractivity contribution is 5.95. The second-order valence-corrected chi connectivity index (χ2v) is 9.44. The van der Waals surface area contributed by atoms with E-state index in [0.717, 1.165) is 15.4 Å². The zero-order chi connectivity index (χ0) is 23.6. The lowest BCUT2D eigenvalue weighted by Crippen LogP contribution is -2.52. The first-order valence-electron chi connectivity index (χ1n) is 10.8. The number of halogens is 1. The predicted molar refractivity (Wildman–Crippen MR) is 114 cm³/mol. The molecule has 8 nitrogen and oxygen atoms in total. The Morgan fingerprint density at radius 2 is 1.94 bits per heavy atom. The molecule has 0 radical (unpaired) electrons. The maximum absolute atomic E-state index is 14.2. The van der Waals surface area contributed by atoms with Crippen LogP contribution in [-0.4, -0.2) is 76.1 Å². The average Bonchev–Trinajstić information content (AvgIpc) is 3.28. The number of hydrogen-bond acceptors (Lipinski definition) is 6. The molecule has 0 aliphatic carbocycles. The van der Waals surface area contributed by atoms with Crippen molar-refractivity contribution in [2.24, 2.45) is 5.92 Å². The zero-order valence-corrected chi connectivity index (χ0v) is 18.9. The number of carbonyl (C=O) groups excluding carboxylic acids is 3. The van der Waals surface area contributed by atoms with Gasteiger partial charge in [0, 0.05) is 6.42 Å². The largest absolute Gasteiger partial charge is 0.447 e. The lowest BCUT2D eigenvalue weighted by Gasteiger charge is -2.33. The van der Waals surface area contributed by atoms with Crippen molar-refractivity contribution >= 4 is 18.1 Å². The van der Waals surface area contributed by atoms with Gasteiger partial charge in [-0.2, -0.15) is 0 Å². The molecule has 0 saturated carbocycles. The lowest BCUT2D eigenvalue weighted by molar-refractivity contribution is -0.138. The number of ether oxygens (including phenoxy) is 2. The molecule has 2 saturated heterocycles. The summed E-state index contributed by atoms with van der Waals surface area (Å²) in [5, 5.41) is 10.9. The Morgan fingerprint density at radius 3 is 2.56 bits per heavy atom. The second kappa shape index (κ2) is 9.44. The Hall–Kier alpha value is -2.68. The maximum atomic E-state index is 14.2. The van der Waals surface area contributed by atoms with E-state index in [0.29, 0.717) is 6.42 Å². The number of amides is 3. The van der Waals surface area contributed by atoms with Crippen molar-refractivity contribution in [3.8, 4) is 0 Å². The van der Waals surface area contributed by atoms with Crippen molar-refractivity contribution in [1.29, 1.82) is 0 Å². The number of likely N-dealkylation sites (tertiary alicyclic amines) is 1. The number of cyclic esters (lactones) is 1. The summed E-state index contributed by atoms with van der Waals surface area (Å²) in [5.41, 5.74) is 0.154. The number of imide groups is 1. The number of rotatable bonds is 5. The molecular weight excluding hydrogens is 419 g/mol. The minimum absolute atomic E-state index is 0.0578. The fourth-order valence-corrected chi connectivity index (χ4v) is 4.13. The first-order chi connectivity index (χ1) is 15.0. The lowest BCUT2D eigenvalue weighted by atomic mass is 9.94. The van der Waals surface area contributed by atoms with Crippen molar-refractivity contribution in [2.45, 2.75) is 70.5 Å². The normalized spacial score (nSPS) is 25.4. The van der Waals surface area contributed by atoms with Gasteiger partial charge in [-0.25, -0.2) is 18.9 Å². The van der Waals surface area contributed by atoms with Gasteiger partial charge in [-0.15, -0.1) is 0 Å². The Morgan fingerprint density at radius 1 is 1.28 bits per heavy atom. The average molecular weight is 451 g/mol. The van der Waals surface area contributed by atoms with Gasteiger partial charge < -0.3 is 14.6 Å². The summed E-state index contributed by atoms with van der Waals surface area (Å²) in [6, 6.07) is 7.94. The third-order valence-corrected chi connectivity index (χ3v) is 5.73. The van der Waals surface area contributed by atoms with E-state index in [1.165, 1.54) is 6.92 Å². The molecule has 0 aromatic heterocycles. The van der Waals surface area contributed by atoms with E-state index >= 15 is 0 Å². The van der Waals surface area contributed by atoms with Gasteiger partial charge in [0.05, 0.1) is 30.7 Å². The summed E-state index contributed by atoms with van der Waals surface area (Å²) in [7, 11) is 0. The molecule has 3 rings (SSSR count). The monoisotopic (exact) mass is 450 g/mol.